The summed E-state index contributed by atoms with van der Waals surface area (Å²) in [6.07, 6.45) is 0.500. The lowest BCUT2D eigenvalue weighted by atomic mass is 10.1. The minimum atomic E-state index is -3.39. The number of hydrogen-bond acceptors (Lipinski definition) is 3. The van der Waals surface area contributed by atoms with Crippen LogP contribution in [0, 0.1) is 12.8 Å². The van der Waals surface area contributed by atoms with Crippen molar-refractivity contribution in [3.63, 3.8) is 0 Å². The van der Waals surface area contributed by atoms with Gasteiger partial charge in [-0.1, -0.05) is 31.5 Å². The Labute approximate surface area is 104 Å². The Morgan fingerprint density at radius 3 is 2.18 bits per heavy atom. The molecule has 0 N–H and O–H groups in total. The molecule has 0 spiro atoms. The van der Waals surface area contributed by atoms with Crippen LogP contribution in [0.4, 0.5) is 0 Å². The fourth-order valence-corrected chi connectivity index (χ4v) is 3.25. The van der Waals surface area contributed by atoms with Crippen molar-refractivity contribution in [2.24, 2.45) is 10.9 Å². The number of hydrogen-bond donors (Lipinski definition) is 0. The maximum absolute atomic E-state index is 12.3. The molecule has 0 aliphatic carbocycles. The van der Waals surface area contributed by atoms with E-state index in [-0.39, 0.29) is 5.92 Å². The Morgan fingerprint density at radius 2 is 1.76 bits per heavy atom. The minimum absolute atomic E-state index is 0.269. The zero-order valence-electron chi connectivity index (χ0n) is 10.6. The van der Waals surface area contributed by atoms with E-state index in [0.29, 0.717) is 11.3 Å². The van der Waals surface area contributed by atoms with Crippen LogP contribution in [0.5, 0.6) is 0 Å². The second kappa shape index (κ2) is 5.45. The third kappa shape index (κ3) is 3.40. The van der Waals surface area contributed by atoms with Gasteiger partial charge in [0.1, 0.15) is 0 Å². The Balaban J connectivity index is 3.08. The summed E-state index contributed by atoms with van der Waals surface area (Å²) in [6.45, 7) is 9.27. The standard InChI is InChI=1S/C13H19NO2S/c1-10(2)9-13(14-4)17(15,16)12-7-5-11(3)6-8-12/h5-8,10,13H,4,9H2,1-3H3. The van der Waals surface area contributed by atoms with Crippen LogP contribution in [0.1, 0.15) is 25.8 Å². The van der Waals surface area contributed by atoms with Crippen molar-refractivity contribution in [1.82, 2.24) is 0 Å². The lowest BCUT2D eigenvalue weighted by molar-refractivity contribution is 0.531. The van der Waals surface area contributed by atoms with E-state index in [1.807, 2.05) is 20.8 Å². The minimum Gasteiger partial charge on any atom is -0.281 e. The lowest BCUT2D eigenvalue weighted by Gasteiger charge is -2.15. The summed E-state index contributed by atoms with van der Waals surface area (Å²) in [6, 6.07) is 6.84. The highest BCUT2D eigenvalue weighted by Crippen LogP contribution is 2.22. The largest absolute Gasteiger partial charge is 0.281 e. The van der Waals surface area contributed by atoms with Gasteiger partial charge in [-0.3, -0.25) is 4.99 Å². The molecule has 0 heterocycles. The van der Waals surface area contributed by atoms with Crippen LogP contribution < -0.4 is 0 Å². The molecule has 17 heavy (non-hydrogen) atoms. The van der Waals surface area contributed by atoms with Crippen molar-refractivity contribution < 1.29 is 8.42 Å². The van der Waals surface area contributed by atoms with Gasteiger partial charge in [0, 0.05) is 0 Å². The van der Waals surface area contributed by atoms with Crippen molar-refractivity contribution >= 4 is 16.6 Å². The number of aryl methyl sites for hydroxylation is 1. The van der Waals surface area contributed by atoms with Crippen molar-refractivity contribution in [1.29, 1.82) is 0 Å². The first-order valence-electron chi connectivity index (χ1n) is 5.64. The average Bonchev–Trinajstić information content (AvgIpc) is 2.26. The van der Waals surface area contributed by atoms with Crippen molar-refractivity contribution in [3.8, 4) is 0 Å². The predicted molar refractivity (Wildman–Crippen MR) is 71.2 cm³/mol. The summed E-state index contributed by atoms with van der Waals surface area (Å²) in [7, 11) is -3.39. The van der Waals surface area contributed by atoms with Crippen LogP contribution in [-0.2, 0) is 9.84 Å². The maximum atomic E-state index is 12.3. The molecule has 94 valence electrons. The molecule has 1 rings (SSSR count). The highest BCUT2D eigenvalue weighted by Gasteiger charge is 2.26. The Morgan fingerprint density at radius 1 is 1.24 bits per heavy atom. The average molecular weight is 253 g/mol. The Bertz CT molecular complexity index is 475. The monoisotopic (exact) mass is 253 g/mol. The van der Waals surface area contributed by atoms with Gasteiger partial charge >= 0.3 is 0 Å². The van der Waals surface area contributed by atoms with Crippen LogP contribution in [-0.4, -0.2) is 20.5 Å². The lowest BCUT2D eigenvalue weighted by Crippen LogP contribution is -2.21. The van der Waals surface area contributed by atoms with Gasteiger partial charge in [-0.05, 0) is 38.1 Å². The molecule has 4 heteroatoms. The molecule has 1 unspecified atom stereocenters. The zero-order valence-corrected chi connectivity index (χ0v) is 11.4. The van der Waals surface area contributed by atoms with E-state index in [1.165, 1.54) is 0 Å². The third-order valence-electron chi connectivity index (χ3n) is 2.58. The second-order valence-electron chi connectivity index (χ2n) is 4.62. The molecular formula is C13H19NO2S. The van der Waals surface area contributed by atoms with Gasteiger partial charge in [0.15, 0.2) is 5.37 Å². The number of nitrogens with zero attached hydrogens (tertiary/aromatic N) is 1. The summed E-state index contributed by atoms with van der Waals surface area (Å²) in [4.78, 5) is 4.08. The summed E-state index contributed by atoms with van der Waals surface area (Å²) in [5.41, 5.74) is 1.04. The van der Waals surface area contributed by atoms with Gasteiger partial charge in [-0.25, -0.2) is 8.42 Å². The summed E-state index contributed by atoms with van der Waals surface area (Å²) >= 11 is 0. The molecule has 0 aromatic heterocycles. The van der Waals surface area contributed by atoms with Gasteiger partial charge < -0.3 is 0 Å². The first kappa shape index (κ1) is 13.9. The quantitative estimate of drug-likeness (QED) is 0.757. The van der Waals surface area contributed by atoms with Gasteiger partial charge in [-0.15, -0.1) is 0 Å². The molecule has 0 saturated heterocycles. The van der Waals surface area contributed by atoms with E-state index in [9.17, 15) is 8.42 Å². The van der Waals surface area contributed by atoms with Gasteiger partial charge in [0.2, 0.25) is 9.84 Å². The summed E-state index contributed by atoms with van der Waals surface area (Å²) < 4.78 is 24.6. The smallest absolute Gasteiger partial charge is 0.201 e. The highest BCUT2D eigenvalue weighted by atomic mass is 32.2. The Kier molecular flexibility index (Phi) is 4.46. The predicted octanol–water partition coefficient (Wildman–Crippen LogP) is 2.84. The normalized spacial score (nSPS) is 13.6. The van der Waals surface area contributed by atoms with Crippen LogP contribution in [0.15, 0.2) is 34.2 Å². The van der Waals surface area contributed by atoms with E-state index >= 15 is 0 Å². The van der Waals surface area contributed by atoms with Crippen molar-refractivity contribution in [3.05, 3.63) is 29.8 Å². The van der Waals surface area contributed by atoms with Crippen molar-refractivity contribution in [2.75, 3.05) is 0 Å². The molecular weight excluding hydrogens is 234 g/mol. The molecule has 1 aromatic rings. The number of rotatable bonds is 5. The third-order valence-corrected chi connectivity index (χ3v) is 4.57. The van der Waals surface area contributed by atoms with E-state index < -0.39 is 15.2 Å². The topological polar surface area (TPSA) is 46.5 Å². The fourth-order valence-electron chi connectivity index (χ4n) is 1.59. The van der Waals surface area contributed by atoms with Crippen molar-refractivity contribution in [2.45, 2.75) is 37.5 Å². The molecule has 0 saturated carbocycles. The number of sulfone groups is 1. The van der Waals surface area contributed by atoms with E-state index in [0.717, 1.165) is 5.56 Å². The van der Waals surface area contributed by atoms with Gasteiger partial charge in [0.25, 0.3) is 0 Å². The molecule has 0 radical (unpaired) electrons. The molecule has 0 aliphatic heterocycles. The SMILES string of the molecule is C=NC(CC(C)C)S(=O)(=O)c1ccc(C)cc1. The van der Waals surface area contributed by atoms with Gasteiger partial charge in [0.05, 0.1) is 4.90 Å². The van der Waals surface area contributed by atoms with Crippen LogP contribution in [0.3, 0.4) is 0 Å². The highest BCUT2D eigenvalue weighted by molar-refractivity contribution is 7.92. The molecule has 0 fully saturated rings. The number of aliphatic imine (C=N–C) groups is 1. The number of benzene rings is 1. The first-order valence-corrected chi connectivity index (χ1v) is 7.19. The summed E-state index contributed by atoms with van der Waals surface area (Å²) in [5.74, 6) is 0.269. The van der Waals surface area contributed by atoms with Gasteiger partial charge in [-0.2, -0.15) is 0 Å². The first-order chi connectivity index (χ1) is 7.87. The molecule has 0 bridgehead atoms. The molecule has 0 amide bonds. The molecule has 0 aliphatic rings. The van der Waals surface area contributed by atoms with E-state index in [1.54, 1.807) is 24.3 Å². The van der Waals surface area contributed by atoms with E-state index in [2.05, 4.69) is 11.7 Å². The second-order valence-corrected chi connectivity index (χ2v) is 6.73. The molecule has 3 nitrogen and oxygen atoms in total. The molecule has 1 atom stereocenters. The maximum Gasteiger partial charge on any atom is 0.201 e. The molecule has 1 aromatic carbocycles. The van der Waals surface area contributed by atoms with Crippen LogP contribution in [0.2, 0.25) is 0 Å². The fraction of sp³-hybridized carbons (Fsp3) is 0.462. The van der Waals surface area contributed by atoms with Crippen LogP contribution in [0.25, 0.3) is 0 Å². The summed E-state index contributed by atoms with van der Waals surface area (Å²) in [5, 5.41) is -0.745. The van der Waals surface area contributed by atoms with E-state index in [4.69, 9.17) is 0 Å². The van der Waals surface area contributed by atoms with Crippen LogP contribution >= 0.6 is 0 Å². The zero-order chi connectivity index (χ0) is 13.1. The Hall–Kier alpha value is -1.16.